The predicted molar refractivity (Wildman–Crippen MR) is 71.2 cm³/mol. The van der Waals surface area contributed by atoms with Gasteiger partial charge in [-0.1, -0.05) is 24.4 Å². The molecule has 0 aliphatic heterocycles. The molecule has 1 fully saturated rings. The summed E-state index contributed by atoms with van der Waals surface area (Å²) in [5.74, 6) is 0.971. The molecule has 1 atom stereocenters. The smallest absolute Gasteiger partial charge is 0.117 e. The van der Waals surface area contributed by atoms with Crippen LogP contribution in [-0.4, -0.2) is 23.5 Å². The van der Waals surface area contributed by atoms with Crippen LogP contribution in [0.15, 0.2) is 28.0 Å². The van der Waals surface area contributed by atoms with E-state index in [1.54, 1.807) is 6.26 Å². The lowest BCUT2D eigenvalue weighted by atomic mass is 9.94. The molecule has 4 nitrogen and oxygen atoms in total. The molecule has 0 saturated heterocycles. The van der Waals surface area contributed by atoms with Crippen LogP contribution in [0.3, 0.4) is 0 Å². The van der Waals surface area contributed by atoms with Crippen LogP contribution in [0.5, 0.6) is 0 Å². The lowest BCUT2D eigenvalue weighted by Crippen LogP contribution is -2.39. The SMILES string of the molecule is CC(CN(Cc1ccco1)C1CCCCC1)N=O. The molecule has 1 aromatic rings. The molecule has 0 spiro atoms. The third kappa shape index (κ3) is 3.67. The minimum absolute atomic E-state index is 0.151. The van der Waals surface area contributed by atoms with Gasteiger partial charge in [-0.3, -0.25) is 4.90 Å². The van der Waals surface area contributed by atoms with Gasteiger partial charge in [-0.15, -0.1) is 0 Å². The van der Waals surface area contributed by atoms with Gasteiger partial charge in [0, 0.05) is 12.6 Å². The largest absolute Gasteiger partial charge is 0.468 e. The number of nitroso groups, excluding NO2 is 1. The number of rotatable bonds is 6. The molecule has 18 heavy (non-hydrogen) atoms. The van der Waals surface area contributed by atoms with Crippen LogP contribution < -0.4 is 0 Å². The van der Waals surface area contributed by atoms with E-state index in [-0.39, 0.29) is 6.04 Å². The Labute approximate surface area is 108 Å². The first-order valence-electron chi connectivity index (χ1n) is 6.88. The molecule has 2 rings (SSSR count). The Bertz CT molecular complexity index is 345. The van der Waals surface area contributed by atoms with Gasteiger partial charge in [-0.25, -0.2) is 0 Å². The molecule has 4 heteroatoms. The molecule has 1 aromatic heterocycles. The van der Waals surface area contributed by atoms with E-state index in [0.717, 1.165) is 18.8 Å². The second-order valence-corrected chi connectivity index (χ2v) is 5.26. The highest BCUT2D eigenvalue weighted by Crippen LogP contribution is 2.24. The molecule has 0 radical (unpaired) electrons. The summed E-state index contributed by atoms with van der Waals surface area (Å²) in [7, 11) is 0. The van der Waals surface area contributed by atoms with Crippen molar-refractivity contribution in [1.29, 1.82) is 0 Å². The summed E-state index contributed by atoms with van der Waals surface area (Å²) in [6, 6.07) is 4.33. The lowest BCUT2D eigenvalue weighted by Gasteiger charge is -2.34. The van der Waals surface area contributed by atoms with E-state index in [9.17, 15) is 4.91 Å². The van der Waals surface area contributed by atoms with Crippen LogP contribution in [-0.2, 0) is 6.54 Å². The number of nitrogens with zero attached hydrogens (tertiary/aromatic N) is 2. The molecular weight excluding hydrogens is 228 g/mol. The van der Waals surface area contributed by atoms with E-state index in [4.69, 9.17) is 4.42 Å². The molecule has 1 saturated carbocycles. The van der Waals surface area contributed by atoms with Gasteiger partial charge in [0.2, 0.25) is 0 Å². The first kappa shape index (κ1) is 13.3. The van der Waals surface area contributed by atoms with E-state index >= 15 is 0 Å². The highest BCUT2D eigenvalue weighted by atomic mass is 16.3. The van der Waals surface area contributed by atoms with Gasteiger partial charge in [-0.2, -0.15) is 4.91 Å². The van der Waals surface area contributed by atoms with Gasteiger partial charge in [-0.05, 0) is 31.9 Å². The van der Waals surface area contributed by atoms with Crippen LogP contribution >= 0.6 is 0 Å². The molecule has 1 aliphatic carbocycles. The Kier molecular flexibility index (Phi) is 4.93. The monoisotopic (exact) mass is 250 g/mol. The average molecular weight is 250 g/mol. The zero-order chi connectivity index (χ0) is 12.8. The van der Waals surface area contributed by atoms with Crippen LogP contribution in [0.25, 0.3) is 0 Å². The Hall–Kier alpha value is -1.16. The first-order chi connectivity index (χ1) is 8.79. The minimum Gasteiger partial charge on any atom is -0.468 e. The summed E-state index contributed by atoms with van der Waals surface area (Å²) < 4.78 is 5.42. The maximum atomic E-state index is 10.6. The van der Waals surface area contributed by atoms with Gasteiger partial charge < -0.3 is 4.42 Å². The van der Waals surface area contributed by atoms with E-state index in [1.807, 2.05) is 19.1 Å². The van der Waals surface area contributed by atoms with E-state index in [1.165, 1.54) is 32.1 Å². The highest BCUT2D eigenvalue weighted by molar-refractivity contribution is 4.99. The number of hydrogen-bond acceptors (Lipinski definition) is 4. The van der Waals surface area contributed by atoms with Crippen LogP contribution in [0.4, 0.5) is 0 Å². The molecular formula is C14H22N2O2. The molecule has 0 aromatic carbocycles. The minimum atomic E-state index is -0.151. The third-order valence-corrected chi connectivity index (χ3v) is 3.71. The second-order valence-electron chi connectivity index (χ2n) is 5.26. The van der Waals surface area contributed by atoms with Crippen LogP contribution in [0.2, 0.25) is 0 Å². The van der Waals surface area contributed by atoms with Crippen LogP contribution in [0.1, 0.15) is 44.8 Å². The summed E-state index contributed by atoms with van der Waals surface area (Å²) in [5.41, 5.74) is 0. The molecule has 100 valence electrons. The molecule has 1 heterocycles. The zero-order valence-electron chi connectivity index (χ0n) is 11.0. The van der Waals surface area contributed by atoms with Crippen molar-refractivity contribution in [3.63, 3.8) is 0 Å². The molecule has 0 amide bonds. The Morgan fingerprint density at radius 1 is 1.44 bits per heavy atom. The second kappa shape index (κ2) is 6.69. The predicted octanol–water partition coefficient (Wildman–Crippen LogP) is 3.57. The fourth-order valence-corrected chi connectivity index (χ4v) is 2.76. The van der Waals surface area contributed by atoms with Gasteiger partial charge in [0.05, 0.1) is 12.8 Å². The van der Waals surface area contributed by atoms with Gasteiger partial charge in [0.25, 0.3) is 0 Å². The fraction of sp³-hybridized carbons (Fsp3) is 0.714. The molecule has 1 unspecified atom stereocenters. The first-order valence-corrected chi connectivity index (χ1v) is 6.88. The van der Waals surface area contributed by atoms with Crippen molar-refractivity contribution in [2.45, 2.75) is 57.7 Å². The summed E-state index contributed by atoms with van der Waals surface area (Å²) in [4.78, 5) is 13.0. The van der Waals surface area contributed by atoms with Crippen molar-refractivity contribution in [2.24, 2.45) is 5.18 Å². The van der Waals surface area contributed by atoms with E-state index < -0.39 is 0 Å². The fourth-order valence-electron chi connectivity index (χ4n) is 2.76. The Morgan fingerprint density at radius 2 is 2.22 bits per heavy atom. The molecule has 0 N–H and O–H groups in total. The standard InChI is InChI=1S/C14H22N2O2/c1-12(15-17)10-16(11-14-8-5-9-18-14)13-6-3-2-4-7-13/h5,8-9,12-13H,2-4,6-7,10-11H2,1H3. The Morgan fingerprint density at radius 3 is 2.83 bits per heavy atom. The third-order valence-electron chi connectivity index (χ3n) is 3.71. The summed E-state index contributed by atoms with van der Waals surface area (Å²) in [6.45, 7) is 3.40. The van der Waals surface area contributed by atoms with Crippen molar-refractivity contribution >= 4 is 0 Å². The average Bonchev–Trinajstić information content (AvgIpc) is 2.92. The zero-order valence-corrected chi connectivity index (χ0v) is 11.0. The van der Waals surface area contributed by atoms with Gasteiger partial charge >= 0.3 is 0 Å². The normalized spacial score (nSPS) is 19.0. The maximum Gasteiger partial charge on any atom is 0.117 e. The van der Waals surface area contributed by atoms with Crippen molar-refractivity contribution in [1.82, 2.24) is 4.90 Å². The maximum absolute atomic E-state index is 10.6. The number of furan rings is 1. The van der Waals surface area contributed by atoms with E-state index in [0.29, 0.717) is 6.04 Å². The van der Waals surface area contributed by atoms with Crippen molar-refractivity contribution in [3.05, 3.63) is 29.1 Å². The highest BCUT2D eigenvalue weighted by Gasteiger charge is 2.23. The lowest BCUT2D eigenvalue weighted by molar-refractivity contribution is 0.132. The summed E-state index contributed by atoms with van der Waals surface area (Å²) in [6.07, 6.45) is 8.09. The van der Waals surface area contributed by atoms with Crippen molar-refractivity contribution in [2.75, 3.05) is 6.54 Å². The van der Waals surface area contributed by atoms with Crippen molar-refractivity contribution in [3.8, 4) is 0 Å². The van der Waals surface area contributed by atoms with Crippen molar-refractivity contribution < 1.29 is 4.42 Å². The van der Waals surface area contributed by atoms with E-state index in [2.05, 4.69) is 10.1 Å². The number of hydrogen-bond donors (Lipinski definition) is 0. The van der Waals surface area contributed by atoms with Crippen LogP contribution in [0, 0.1) is 4.91 Å². The quantitative estimate of drug-likeness (QED) is 0.725. The summed E-state index contributed by atoms with van der Waals surface area (Å²) >= 11 is 0. The van der Waals surface area contributed by atoms with Gasteiger partial charge in [0.1, 0.15) is 11.8 Å². The Balaban J connectivity index is 1.98. The topological polar surface area (TPSA) is 45.8 Å². The molecule has 0 bridgehead atoms. The molecule has 1 aliphatic rings. The van der Waals surface area contributed by atoms with Gasteiger partial charge in [0.15, 0.2) is 0 Å². The summed E-state index contributed by atoms with van der Waals surface area (Å²) in [5, 5.41) is 3.13.